The van der Waals surface area contributed by atoms with Gasteiger partial charge in [-0.05, 0) is 43.5 Å². The molecule has 0 bridgehead atoms. The first-order valence-corrected chi connectivity index (χ1v) is 9.34. The number of rotatable bonds is 8. The monoisotopic (exact) mass is 401 g/mol. The van der Waals surface area contributed by atoms with E-state index in [0.717, 1.165) is 0 Å². The Labute approximate surface area is 167 Å². The van der Waals surface area contributed by atoms with Crippen molar-refractivity contribution in [2.75, 3.05) is 26.8 Å². The van der Waals surface area contributed by atoms with Gasteiger partial charge in [0.25, 0.3) is 5.91 Å². The summed E-state index contributed by atoms with van der Waals surface area (Å²) >= 11 is 0. The summed E-state index contributed by atoms with van der Waals surface area (Å²) in [6, 6.07) is 6.90. The fraction of sp³-hybridized carbons (Fsp3) is 0.400. The van der Waals surface area contributed by atoms with Gasteiger partial charge in [-0.1, -0.05) is 0 Å². The van der Waals surface area contributed by atoms with Gasteiger partial charge in [0.05, 0.1) is 19.4 Å². The van der Waals surface area contributed by atoms with Crippen LogP contribution in [0.2, 0.25) is 0 Å². The van der Waals surface area contributed by atoms with Crippen LogP contribution in [0, 0.1) is 0 Å². The number of carboxylic acid groups (broad SMARTS) is 1. The number of amides is 1. The van der Waals surface area contributed by atoms with Crippen LogP contribution in [0.15, 0.2) is 24.3 Å². The van der Waals surface area contributed by atoms with Crippen molar-refractivity contribution >= 4 is 17.8 Å². The van der Waals surface area contributed by atoms with Gasteiger partial charge in [-0.2, -0.15) is 5.10 Å². The Kier molecular flexibility index (Phi) is 6.16. The van der Waals surface area contributed by atoms with E-state index in [1.54, 1.807) is 36.3 Å². The molecule has 0 fully saturated rings. The largest absolute Gasteiger partial charge is 0.497 e. The summed E-state index contributed by atoms with van der Waals surface area (Å²) in [5.74, 6) is -1.09. The molecule has 0 aliphatic carbocycles. The molecule has 0 spiro atoms. The maximum atomic E-state index is 13.1. The van der Waals surface area contributed by atoms with E-state index in [-0.39, 0.29) is 23.3 Å². The summed E-state index contributed by atoms with van der Waals surface area (Å²) in [4.78, 5) is 37.2. The Morgan fingerprint density at radius 2 is 1.93 bits per heavy atom. The molecule has 1 aliphatic rings. The van der Waals surface area contributed by atoms with E-state index in [1.165, 1.54) is 11.6 Å². The first-order chi connectivity index (χ1) is 13.9. The molecule has 0 saturated carbocycles. The Morgan fingerprint density at radius 1 is 1.21 bits per heavy atom. The molecule has 0 atom stereocenters. The molecule has 1 N–H and O–H groups in total. The number of carboxylic acids is 1. The second-order valence-corrected chi connectivity index (χ2v) is 6.68. The lowest BCUT2D eigenvalue weighted by Crippen LogP contribution is -2.39. The number of nitrogens with zero attached hydrogens (tertiary/aromatic N) is 3. The highest BCUT2D eigenvalue weighted by Crippen LogP contribution is 2.26. The molecule has 2 heterocycles. The van der Waals surface area contributed by atoms with Gasteiger partial charge in [0.1, 0.15) is 11.4 Å². The Hall–Kier alpha value is -3.36. The maximum Gasteiger partial charge on any atom is 0.356 e. The van der Waals surface area contributed by atoms with Gasteiger partial charge < -0.3 is 19.5 Å². The van der Waals surface area contributed by atoms with Crippen molar-refractivity contribution in [1.29, 1.82) is 0 Å². The number of carbonyl (C=O) groups excluding carboxylic acids is 2. The normalized spacial score (nSPS) is 13.2. The smallest absolute Gasteiger partial charge is 0.356 e. The van der Waals surface area contributed by atoms with Crippen LogP contribution in [0.5, 0.6) is 5.75 Å². The molecular weight excluding hydrogens is 378 g/mol. The summed E-state index contributed by atoms with van der Waals surface area (Å²) in [5.41, 5.74) is 1.21. The summed E-state index contributed by atoms with van der Waals surface area (Å²) < 4.78 is 11.5. The SMILES string of the molecule is COc1ccc(-n2nc(C(=O)O)c3c2C(=O)N(CCCCOC(C)=O)CC3)cc1. The zero-order chi connectivity index (χ0) is 21.0. The van der Waals surface area contributed by atoms with Gasteiger partial charge in [-0.15, -0.1) is 0 Å². The zero-order valence-electron chi connectivity index (χ0n) is 16.4. The van der Waals surface area contributed by atoms with Crippen molar-refractivity contribution in [1.82, 2.24) is 14.7 Å². The molecule has 154 valence electrons. The number of hydrogen-bond donors (Lipinski definition) is 1. The predicted octanol–water partition coefficient (Wildman–Crippen LogP) is 1.92. The summed E-state index contributed by atoms with van der Waals surface area (Å²) in [6.07, 6.45) is 1.74. The van der Waals surface area contributed by atoms with E-state index in [1.807, 2.05) is 0 Å². The first kappa shape index (κ1) is 20.4. The number of carbonyl (C=O) groups is 3. The second-order valence-electron chi connectivity index (χ2n) is 6.68. The van der Waals surface area contributed by atoms with Gasteiger partial charge in [-0.3, -0.25) is 9.59 Å². The molecule has 1 aromatic carbocycles. The lowest BCUT2D eigenvalue weighted by Gasteiger charge is -2.27. The predicted molar refractivity (Wildman–Crippen MR) is 103 cm³/mol. The van der Waals surface area contributed by atoms with Crippen LogP contribution in [0.3, 0.4) is 0 Å². The second kappa shape index (κ2) is 8.76. The third kappa shape index (κ3) is 4.39. The number of benzene rings is 1. The average molecular weight is 401 g/mol. The summed E-state index contributed by atoms with van der Waals surface area (Å²) in [6.45, 7) is 2.59. The molecule has 3 rings (SSSR count). The third-order valence-electron chi connectivity index (χ3n) is 4.75. The first-order valence-electron chi connectivity index (χ1n) is 9.34. The molecule has 29 heavy (non-hydrogen) atoms. The molecule has 1 aromatic heterocycles. The number of esters is 1. The van der Waals surface area contributed by atoms with Crippen LogP contribution in [0.25, 0.3) is 5.69 Å². The standard InChI is InChI=1S/C20H23N3O6/c1-13(24)29-12-4-3-10-22-11-9-16-17(20(26)27)21-23(18(16)19(22)25)14-5-7-15(28-2)8-6-14/h5-8H,3-4,9-12H2,1-2H3,(H,26,27). The van der Waals surface area contributed by atoms with Crippen LogP contribution in [0.1, 0.15) is 46.3 Å². The van der Waals surface area contributed by atoms with Crippen LogP contribution in [0.4, 0.5) is 0 Å². The fourth-order valence-electron chi connectivity index (χ4n) is 3.32. The molecule has 2 aromatic rings. The molecule has 0 radical (unpaired) electrons. The van der Waals surface area contributed by atoms with E-state index in [0.29, 0.717) is 56.0 Å². The van der Waals surface area contributed by atoms with Gasteiger partial charge >= 0.3 is 11.9 Å². The Balaban J connectivity index is 1.83. The molecule has 0 saturated heterocycles. The van der Waals surface area contributed by atoms with Crippen LogP contribution in [-0.2, 0) is 16.0 Å². The number of ether oxygens (including phenoxy) is 2. The van der Waals surface area contributed by atoms with E-state index >= 15 is 0 Å². The van der Waals surface area contributed by atoms with Crippen LogP contribution < -0.4 is 4.74 Å². The van der Waals surface area contributed by atoms with Crippen molar-refractivity contribution < 1.29 is 29.0 Å². The van der Waals surface area contributed by atoms with Crippen LogP contribution in [-0.4, -0.2) is 64.4 Å². The highest BCUT2D eigenvalue weighted by atomic mass is 16.5. The van der Waals surface area contributed by atoms with E-state index in [2.05, 4.69) is 5.10 Å². The number of hydrogen-bond acceptors (Lipinski definition) is 6. The van der Waals surface area contributed by atoms with Crippen molar-refractivity contribution in [2.45, 2.75) is 26.2 Å². The zero-order valence-corrected chi connectivity index (χ0v) is 16.4. The highest BCUT2D eigenvalue weighted by molar-refractivity contribution is 5.99. The van der Waals surface area contributed by atoms with Gasteiger partial charge in [0.2, 0.25) is 0 Å². The van der Waals surface area contributed by atoms with Crippen molar-refractivity contribution in [2.24, 2.45) is 0 Å². The molecule has 9 heteroatoms. The number of aromatic carboxylic acids is 1. The van der Waals surface area contributed by atoms with Gasteiger partial charge in [-0.25, -0.2) is 9.48 Å². The summed E-state index contributed by atoms with van der Waals surface area (Å²) in [7, 11) is 1.55. The van der Waals surface area contributed by atoms with E-state index in [4.69, 9.17) is 9.47 Å². The molecule has 0 unspecified atom stereocenters. The van der Waals surface area contributed by atoms with Crippen molar-refractivity contribution in [3.63, 3.8) is 0 Å². The minimum absolute atomic E-state index is 0.0984. The Morgan fingerprint density at radius 3 is 2.55 bits per heavy atom. The summed E-state index contributed by atoms with van der Waals surface area (Å²) in [5, 5.41) is 13.7. The Bertz CT molecular complexity index is 919. The number of aromatic nitrogens is 2. The lowest BCUT2D eigenvalue weighted by molar-refractivity contribution is -0.141. The molecule has 1 amide bonds. The fourth-order valence-corrected chi connectivity index (χ4v) is 3.32. The topological polar surface area (TPSA) is 111 Å². The minimum Gasteiger partial charge on any atom is -0.497 e. The maximum absolute atomic E-state index is 13.1. The minimum atomic E-state index is -1.16. The molecule has 1 aliphatic heterocycles. The number of unbranched alkanes of at least 4 members (excludes halogenated alkanes) is 1. The average Bonchev–Trinajstić information content (AvgIpc) is 3.10. The third-order valence-corrected chi connectivity index (χ3v) is 4.75. The number of fused-ring (bicyclic) bond motifs is 1. The van der Waals surface area contributed by atoms with E-state index < -0.39 is 5.97 Å². The molecular formula is C20H23N3O6. The quantitative estimate of drug-likeness (QED) is 0.531. The molecule has 9 nitrogen and oxygen atoms in total. The number of methoxy groups -OCH3 is 1. The van der Waals surface area contributed by atoms with Gasteiger partial charge in [0.15, 0.2) is 5.69 Å². The lowest BCUT2D eigenvalue weighted by atomic mass is 10.0. The highest BCUT2D eigenvalue weighted by Gasteiger charge is 2.34. The van der Waals surface area contributed by atoms with E-state index in [9.17, 15) is 19.5 Å². The van der Waals surface area contributed by atoms with Crippen molar-refractivity contribution in [3.05, 3.63) is 41.2 Å². The van der Waals surface area contributed by atoms with Crippen LogP contribution >= 0.6 is 0 Å². The van der Waals surface area contributed by atoms with Gasteiger partial charge in [0, 0.05) is 25.6 Å². The van der Waals surface area contributed by atoms with Crippen molar-refractivity contribution in [3.8, 4) is 11.4 Å².